The summed E-state index contributed by atoms with van der Waals surface area (Å²) in [5, 5.41) is 22.9. The quantitative estimate of drug-likeness (QED) is 0.708. The number of rotatable bonds is 5. The van der Waals surface area contributed by atoms with Crippen molar-refractivity contribution in [2.75, 3.05) is 23.9 Å². The van der Waals surface area contributed by atoms with Crippen LogP contribution in [0.25, 0.3) is 22.9 Å². The first-order chi connectivity index (χ1) is 13.1. The first-order valence-corrected chi connectivity index (χ1v) is 8.05. The summed E-state index contributed by atoms with van der Waals surface area (Å²) in [4.78, 5) is 0. The number of anilines is 2. The molecule has 1 aliphatic heterocycles. The SMILES string of the molecule is N#Cc1cc(-c2nnc(-c3ccc4c(c3)OCN4)o2)ccc1NCC(F)F. The number of nitrogens with zero attached hydrogens (tertiary/aromatic N) is 3. The zero-order valence-corrected chi connectivity index (χ0v) is 13.9. The van der Waals surface area contributed by atoms with Crippen LogP contribution < -0.4 is 15.4 Å². The first-order valence-electron chi connectivity index (χ1n) is 8.05. The Morgan fingerprint density at radius 2 is 1.89 bits per heavy atom. The van der Waals surface area contributed by atoms with E-state index >= 15 is 0 Å². The number of nitriles is 1. The second-order valence-corrected chi connectivity index (χ2v) is 5.73. The van der Waals surface area contributed by atoms with Gasteiger partial charge in [0.05, 0.1) is 23.5 Å². The van der Waals surface area contributed by atoms with E-state index in [2.05, 4.69) is 20.8 Å². The van der Waals surface area contributed by atoms with Gasteiger partial charge in [0.15, 0.2) is 6.73 Å². The molecule has 2 heterocycles. The number of benzene rings is 2. The van der Waals surface area contributed by atoms with Crippen LogP contribution in [0.5, 0.6) is 5.75 Å². The Morgan fingerprint density at radius 3 is 2.63 bits per heavy atom. The number of alkyl halides is 2. The van der Waals surface area contributed by atoms with Gasteiger partial charge < -0.3 is 19.8 Å². The Balaban J connectivity index is 1.60. The van der Waals surface area contributed by atoms with Gasteiger partial charge in [-0.1, -0.05) is 0 Å². The van der Waals surface area contributed by atoms with Gasteiger partial charge in [-0.25, -0.2) is 8.78 Å². The molecule has 0 aliphatic carbocycles. The molecule has 0 spiro atoms. The highest BCUT2D eigenvalue weighted by molar-refractivity contribution is 5.69. The molecule has 0 fully saturated rings. The minimum absolute atomic E-state index is 0.213. The molecular weight excluding hydrogens is 356 g/mol. The molecule has 2 N–H and O–H groups in total. The molecule has 7 nitrogen and oxygen atoms in total. The fourth-order valence-electron chi connectivity index (χ4n) is 2.68. The van der Waals surface area contributed by atoms with E-state index in [4.69, 9.17) is 9.15 Å². The van der Waals surface area contributed by atoms with Crippen LogP contribution in [0.15, 0.2) is 40.8 Å². The molecule has 1 aromatic heterocycles. The Labute approximate surface area is 152 Å². The summed E-state index contributed by atoms with van der Waals surface area (Å²) in [5.41, 5.74) is 2.65. The Kier molecular flexibility index (Phi) is 4.30. The molecule has 136 valence electrons. The minimum atomic E-state index is -2.51. The van der Waals surface area contributed by atoms with Crippen molar-refractivity contribution >= 4 is 11.4 Å². The molecule has 0 radical (unpaired) electrons. The maximum Gasteiger partial charge on any atom is 0.255 e. The third-order valence-corrected chi connectivity index (χ3v) is 3.98. The van der Waals surface area contributed by atoms with Gasteiger partial charge in [-0.3, -0.25) is 0 Å². The lowest BCUT2D eigenvalue weighted by molar-refractivity contribution is 0.163. The van der Waals surface area contributed by atoms with Crippen molar-refractivity contribution in [1.29, 1.82) is 5.26 Å². The largest absolute Gasteiger partial charge is 0.471 e. The van der Waals surface area contributed by atoms with Crippen molar-refractivity contribution in [3.63, 3.8) is 0 Å². The third-order valence-electron chi connectivity index (χ3n) is 3.98. The molecule has 1 aliphatic rings. The summed E-state index contributed by atoms with van der Waals surface area (Å²) in [6.45, 7) is -0.120. The molecule has 4 rings (SSSR count). The van der Waals surface area contributed by atoms with Crippen LogP contribution in [0.1, 0.15) is 5.56 Å². The van der Waals surface area contributed by atoms with E-state index in [0.29, 0.717) is 35.2 Å². The highest BCUT2D eigenvalue weighted by atomic mass is 19.3. The minimum Gasteiger partial charge on any atom is -0.471 e. The van der Waals surface area contributed by atoms with Crippen molar-refractivity contribution < 1.29 is 17.9 Å². The normalized spacial score (nSPS) is 12.2. The summed E-state index contributed by atoms with van der Waals surface area (Å²) in [7, 11) is 0. The third kappa shape index (κ3) is 3.37. The van der Waals surface area contributed by atoms with Gasteiger partial charge in [-0.2, -0.15) is 5.26 Å². The van der Waals surface area contributed by atoms with Crippen molar-refractivity contribution in [2.45, 2.75) is 6.43 Å². The Bertz CT molecular complexity index is 1030. The predicted octanol–water partition coefficient (Wildman–Crippen LogP) is 3.71. The van der Waals surface area contributed by atoms with E-state index in [-0.39, 0.29) is 11.5 Å². The molecule has 2 aromatic carbocycles. The monoisotopic (exact) mass is 369 g/mol. The van der Waals surface area contributed by atoms with Crippen molar-refractivity contribution in [3.8, 4) is 34.7 Å². The van der Waals surface area contributed by atoms with Crippen LogP contribution >= 0.6 is 0 Å². The van der Waals surface area contributed by atoms with Crippen LogP contribution in [0.2, 0.25) is 0 Å². The van der Waals surface area contributed by atoms with E-state index in [9.17, 15) is 14.0 Å². The molecule has 27 heavy (non-hydrogen) atoms. The highest BCUT2D eigenvalue weighted by Gasteiger charge is 2.17. The number of aromatic nitrogens is 2. The Morgan fingerprint density at radius 1 is 1.15 bits per heavy atom. The van der Waals surface area contributed by atoms with Gasteiger partial charge in [0.1, 0.15) is 11.8 Å². The number of hydrogen-bond acceptors (Lipinski definition) is 7. The molecule has 0 unspecified atom stereocenters. The van der Waals surface area contributed by atoms with E-state index in [1.54, 1.807) is 12.1 Å². The molecule has 3 aromatic rings. The van der Waals surface area contributed by atoms with Gasteiger partial charge in [0, 0.05) is 11.1 Å². The zero-order valence-electron chi connectivity index (χ0n) is 13.9. The average molecular weight is 369 g/mol. The predicted molar refractivity (Wildman–Crippen MR) is 93.5 cm³/mol. The zero-order chi connectivity index (χ0) is 18.8. The van der Waals surface area contributed by atoms with E-state index in [0.717, 1.165) is 5.69 Å². The summed E-state index contributed by atoms with van der Waals surface area (Å²) in [6, 6.07) is 12.1. The number of hydrogen-bond donors (Lipinski definition) is 2. The van der Waals surface area contributed by atoms with E-state index < -0.39 is 13.0 Å². The van der Waals surface area contributed by atoms with Crippen LogP contribution in [-0.4, -0.2) is 29.9 Å². The summed E-state index contributed by atoms with van der Waals surface area (Å²) < 4.78 is 35.9. The van der Waals surface area contributed by atoms with Gasteiger partial charge in [0.2, 0.25) is 11.8 Å². The van der Waals surface area contributed by atoms with Gasteiger partial charge in [0.25, 0.3) is 6.43 Å². The van der Waals surface area contributed by atoms with E-state index in [1.165, 1.54) is 12.1 Å². The maximum absolute atomic E-state index is 12.4. The lowest BCUT2D eigenvalue weighted by Crippen LogP contribution is -2.11. The van der Waals surface area contributed by atoms with Crippen LogP contribution in [0, 0.1) is 11.3 Å². The smallest absolute Gasteiger partial charge is 0.255 e. The standard InChI is InChI=1S/C18H13F2N5O2/c19-16(20)8-22-13-3-1-10(5-12(13)7-21)17-24-25-18(27-17)11-2-4-14-15(6-11)26-9-23-14/h1-6,16,22-23H,8-9H2. The molecule has 0 atom stereocenters. The second kappa shape index (κ2) is 6.92. The summed E-state index contributed by atoms with van der Waals surface area (Å²) >= 11 is 0. The first kappa shape index (κ1) is 16.8. The van der Waals surface area contributed by atoms with E-state index in [1.807, 2.05) is 18.2 Å². The molecule has 0 saturated heterocycles. The molecule has 0 amide bonds. The number of nitrogens with one attached hydrogen (secondary N) is 2. The highest BCUT2D eigenvalue weighted by Crippen LogP contribution is 2.34. The van der Waals surface area contributed by atoms with Crippen molar-refractivity contribution in [2.24, 2.45) is 0 Å². The topological polar surface area (TPSA) is 96.0 Å². The van der Waals surface area contributed by atoms with Crippen molar-refractivity contribution in [3.05, 3.63) is 42.0 Å². The molecule has 0 bridgehead atoms. The van der Waals surface area contributed by atoms with Crippen LogP contribution in [-0.2, 0) is 0 Å². The molecular formula is C18H13F2N5O2. The van der Waals surface area contributed by atoms with Gasteiger partial charge >= 0.3 is 0 Å². The summed E-state index contributed by atoms with van der Waals surface area (Å²) in [6.07, 6.45) is -2.51. The second-order valence-electron chi connectivity index (χ2n) is 5.73. The Hall–Kier alpha value is -3.67. The average Bonchev–Trinajstić information content (AvgIpc) is 3.34. The number of ether oxygens (including phenoxy) is 1. The van der Waals surface area contributed by atoms with Gasteiger partial charge in [-0.15, -0.1) is 10.2 Å². The number of halogens is 2. The van der Waals surface area contributed by atoms with Crippen molar-refractivity contribution in [1.82, 2.24) is 10.2 Å². The van der Waals surface area contributed by atoms with Crippen LogP contribution in [0.3, 0.4) is 0 Å². The lowest BCUT2D eigenvalue weighted by Gasteiger charge is -2.08. The van der Waals surface area contributed by atoms with Gasteiger partial charge in [-0.05, 0) is 36.4 Å². The molecule has 0 saturated carbocycles. The number of fused-ring (bicyclic) bond motifs is 1. The van der Waals surface area contributed by atoms with Crippen LogP contribution in [0.4, 0.5) is 20.2 Å². The maximum atomic E-state index is 12.4. The molecule has 9 heteroatoms. The fourth-order valence-corrected chi connectivity index (χ4v) is 2.68. The lowest BCUT2D eigenvalue weighted by atomic mass is 10.1. The summed E-state index contributed by atoms with van der Waals surface area (Å²) in [5.74, 6) is 1.23. The fraction of sp³-hybridized carbons (Fsp3) is 0.167.